The topological polar surface area (TPSA) is 9.23 Å². The molecule has 0 radical (unpaired) electrons. The summed E-state index contributed by atoms with van der Waals surface area (Å²) in [6, 6.07) is 0. The van der Waals surface area contributed by atoms with Gasteiger partial charge in [-0.25, -0.2) is 4.39 Å². The lowest BCUT2D eigenvalue weighted by Crippen LogP contribution is -2.40. The van der Waals surface area contributed by atoms with Crippen molar-refractivity contribution in [2.45, 2.75) is 26.2 Å². The zero-order chi connectivity index (χ0) is 10.1. The second-order valence-corrected chi connectivity index (χ2v) is 5.34. The van der Waals surface area contributed by atoms with Crippen molar-refractivity contribution in [3.05, 3.63) is 0 Å². The van der Waals surface area contributed by atoms with Crippen molar-refractivity contribution < 1.29 is 9.13 Å². The standard InChI is InChI=1S/C10H16FOP/c1-9(2,3)4-5-10(11,13)8-6-12-7-8/h8H,6-7,13H2,1-3H3. The number of halogens is 1. The summed E-state index contributed by atoms with van der Waals surface area (Å²) in [4.78, 5) is 0. The molecule has 0 aromatic rings. The van der Waals surface area contributed by atoms with Crippen LogP contribution in [0.5, 0.6) is 0 Å². The van der Waals surface area contributed by atoms with Crippen LogP contribution in [0.3, 0.4) is 0 Å². The maximum absolute atomic E-state index is 13.8. The molecule has 13 heavy (non-hydrogen) atoms. The predicted octanol–water partition coefficient (Wildman–Crippen LogP) is 2.22. The molecule has 0 N–H and O–H groups in total. The van der Waals surface area contributed by atoms with Crippen molar-refractivity contribution in [1.29, 1.82) is 0 Å². The fourth-order valence-electron chi connectivity index (χ4n) is 0.864. The van der Waals surface area contributed by atoms with Crippen molar-refractivity contribution in [3.8, 4) is 11.8 Å². The number of alkyl halides is 1. The Hall–Kier alpha value is -0.120. The lowest BCUT2D eigenvalue weighted by Gasteiger charge is -2.33. The summed E-state index contributed by atoms with van der Waals surface area (Å²) in [5, 5.41) is -1.47. The van der Waals surface area contributed by atoms with Crippen LogP contribution in [0.1, 0.15) is 20.8 Å². The molecule has 0 amide bonds. The van der Waals surface area contributed by atoms with Gasteiger partial charge < -0.3 is 4.74 Å². The van der Waals surface area contributed by atoms with Crippen LogP contribution in [-0.2, 0) is 4.74 Å². The maximum atomic E-state index is 13.8. The van der Waals surface area contributed by atoms with Crippen LogP contribution in [0, 0.1) is 23.2 Å². The van der Waals surface area contributed by atoms with Gasteiger partial charge in [0.15, 0.2) is 5.41 Å². The number of ether oxygens (including phenoxy) is 1. The van der Waals surface area contributed by atoms with E-state index in [9.17, 15) is 4.39 Å². The highest BCUT2D eigenvalue weighted by molar-refractivity contribution is 7.19. The second kappa shape index (κ2) is 3.56. The summed E-state index contributed by atoms with van der Waals surface area (Å²) in [5.41, 5.74) is -0.140. The Bertz CT molecular complexity index is 240. The molecule has 0 aromatic heterocycles. The molecule has 1 saturated heterocycles. The van der Waals surface area contributed by atoms with E-state index in [1.807, 2.05) is 20.8 Å². The summed E-state index contributed by atoms with van der Waals surface area (Å²) < 4.78 is 18.7. The molecule has 0 aliphatic carbocycles. The van der Waals surface area contributed by atoms with Crippen LogP contribution in [0.2, 0.25) is 0 Å². The average molecular weight is 202 g/mol. The molecular weight excluding hydrogens is 186 g/mol. The van der Waals surface area contributed by atoms with Crippen LogP contribution < -0.4 is 0 Å². The third-order valence-corrected chi connectivity index (χ3v) is 2.48. The van der Waals surface area contributed by atoms with Crippen LogP contribution in [0.15, 0.2) is 0 Å². The Morgan fingerprint density at radius 1 is 1.31 bits per heavy atom. The highest BCUT2D eigenvalue weighted by Gasteiger charge is 2.38. The lowest BCUT2D eigenvalue weighted by atomic mass is 9.95. The zero-order valence-corrected chi connectivity index (χ0v) is 9.51. The maximum Gasteiger partial charge on any atom is 0.190 e. The van der Waals surface area contributed by atoms with Gasteiger partial charge in [0, 0.05) is 5.41 Å². The second-order valence-electron chi connectivity index (χ2n) is 4.50. The first-order valence-electron chi connectivity index (χ1n) is 4.41. The van der Waals surface area contributed by atoms with E-state index >= 15 is 0 Å². The predicted molar refractivity (Wildman–Crippen MR) is 55.1 cm³/mol. The van der Waals surface area contributed by atoms with Crippen molar-refractivity contribution >= 4 is 9.24 Å². The summed E-state index contributed by atoms with van der Waals surface area (Å²) in [6.45, 7) is 6.88. The van der Waals surface area contributed by atoms with E-state index in [1.165, 1.54) is 0 Å². The molecule has 1 nitrogen and oxygen atoms in total. The minimum atomic E-state index is -1.47. The van der Waals surface area contributed by atoms with E-state index in [4.69, 9.17) is 4.74 Å². The molecule has 1 heterocycles. The van der Waals surface area contributed by atoms with Crippen LogP contribution >= 0.6 is 9.24 Å². The van der Waals surface area contributed by atoms with E-state index in [0.717, 1.165) is 0 Å². The number of rotatable bonds is 1. The summed E-state index contributed by atoms with van der Waals surface area (Å²) >= 11 is 0. The number of hydrogen-bond donors (Lipinski definition) is 0. The molecule has 0 spiro atoms. The first-order chi connectivity index (χ1) is 5.81. The fraction of sp³-hybridized carbons (Fsp3) is 0.800. The van der Waals surface area contributed by atoms with E-state index in [-0.39, 0.29) is 11.3 Å². The van der Waals surface area contributed by atoms with Crippen LogP contribution in [-0.4, -0.2) is 18.6 Å². The van der Waals surface area contributed by atoms with Gasteiger partial charge >= 0.3 is 0 Å². The molecular formula is C10H16FOP. The summed E-state index contributed by atoms with van der Waals surface area (Å²) in [6.07, 6.45) is 0. The third-order valence-electron chi connectivity index (χ3n) is 1.86. The molecule has 0 saturated carbocycles. The van der Waals surface area contributed by atoms with Gasteiger partial charge in [-0.05, 0) is 20.8 Å². The number of hydrogen-bond acceptors (Lipinski definition) is 1. The Morgan fingerprint density at radius 2 is 1.85 bits per heavy atom. The van der Waals surface area contributed by atoms with E-state index in [1.54, 1.807) is 0 Å². The van der Waals surface area contributed by atoms with Gasteiger partial charge in [-0.15, -0.1) is 0 Å². The molecule has 2 atom stereocenters. The van der Waals surface area contributed by atoms with Gasteiger partial charge in [-0.3, -0.25) is 0 Å². The van der Waals surface area contributed by atoms with Crippen molar-refractivity contribution in [2.24, 2.45) is 11.3 Å². The zero-order valence-electron chi connectivity index (χ0n) is 8.36. The molecule has 3 heteroatoms. The van der Waals surface area contributed by atoms with Gasteiger partial charge in [0.2, 0.25) is 0 Å². The van der Waals surface area contributed by atoms with Gasteiger partial charge in [0.05, 0.1) is 19.1 Å². The van der Waals surface area contributed by atoms with E-state index in [2.05, 4.69) is 21.1 Å². The highest BCUT2D eigenvalue weighted by Crippen LogP contribution is 2.34. The minimum absolute atomic E-state index is 0.0765. The minimum Gasteiger partial charge on any atom is -0.380 e. The highest BCUT2D eigenvalue weighted by atomic mass is 31.0. The van der Waals surface area contributed by atoms with Crippen molar-refractivity contribution in [2.75, 3.05) is 13.2 Å². The molecule has 2 unspecified atom stereocenters. The Labute approximate surface area is 81.6 Å². The summed E-state index contributed by atoms with van der Waals surface area (Å²) in [5.74, 6) is 5.50. The molecule has 1 aliphatic rings. The third kappa shape index (κ3) is 3.25. The smallest absolute Gasteiger partial charge is 0.190 e. The van der Waals surface area contributed by atoms with Gasteiger partial charge in [0.1, 0.15) is 0 Å². The normalized spacial score (nSPS) is 22.5. The van der Waals surface area contributed by atoms with Crippen molar-refractivity contribution in [3.63, 3.8) is 0 Å². The van der Waals surface area contributed by atoms with Crippen molar-refractivity contribution in [1.82, 2.24) is 0 Å². The van der Waals surface area contributed by atoms with E-state index in [0.29, 0.717) is 13.2 Å². The molecule has 74 valence electrons. The van der Waals surface area contributed by atoms with Gasteiger partial charge in [-0.1, -0.05) is 21.1 Å². The molecule has 1 rings (SSSR count). The Morgan fingerprint density at radius 3 is 2.15 bits per heavy atom. The van der Waals surface area contributed by atoms with Crippen LogP contribution in [0.25, 0.3) is 0 Å². The Kier molecular flexibility index (Phi) is 3.00. The van der Waals surface area contributed by atoms with Gasteiger partial charge in [-0.2, -0.15) is 0 Å². The fourth-order valence-corrected chi connectivity index (χ4v) is 1.13. The molecule has 0 aromatic carbocycles. The SMILES string of the molecule is CC(C)(C)C#CC(F)(P)C1COC1. The molecule has 1 fully saturated rings. The monoisotopic (exact) mass is 202 g/mol. The molecule has 0 bridgehead atoms. The molecule has 1 aliphatic heterocycles. The Balaban J connectivity index is 2.63. The van der Waals surface area contributed by atoms with E-state index < -0.39 is 5.41 Å². The summed E-state index contributed by atoms with van der Waals surface area (Å²) in [7, 11) is 2.19. The first-order valence-corrected chi connectivity index (χ1v) is 4.99. The first kappa shape index (κ1) is 11.0. The average Bonchev–Trinajstić information content (AvgIpc) is 1.77. The quantitative estimate of drug-likeness (QED) is 0.468. The largest absolute Gasteiger partial charge is 0.380 e. The van der Waals surface area contributed by atoms with Gasteiger partial charge in [0.25, 0.3) is 0 Å². The van der Waals surface area contributed by atoms with Crippen LogP contribution in [0.4, 0.5) is 4.39 Å². The lowest BCUT2D eigenvalue weighted by molar-refractivity contribution is -0.0647.